The zero-order chi connectivity index (χ0) is 10.0. The summed E-state index contributed by atoms with van der Waals surface area (Å²) in [5, 5.41) is 10.2. The molecule has 0 fully saturated rings. The van der Waals surface area contributed by atoms with Crippen LogP contribution >= 0.6 is 0 Å². The predicted octanol–water partition coefficient (Wildman–Crippen LogP) is -2.05. The fourth-order valence-electron chi connectivity index (χ4n) is 0.985. The van der Waals surface area contributed by atoms with Gasteiger partial charge >= 0.3 is 0 Å². The number of carboxylic acid groups (broad SMARTS) is 1. The quantitative estimate of drug-likeness (QED) is 0.546. The maximum absolute atomic E-state index is 11.1. The standard InChI is InChI=1S/C7H9N3O3/c1-3-4(2-5(11)12)6(13)10-7(8)9-3/h2H2,1H3,(H,11,12)(H3,8,9,10,13)/p-1. The van der Waals surface area contributed by atoms with Crippen LogP contribution < -0.4 is 16.4 Å². The lowest BCUT2D eigenvalue weighted by molar-refractivity contribution is -0.304. The van der Waals surface area contributed by atoms with Crippen LogP contribution in [-0.2, 0) is 11.2 Å². The van der Waals surface area contributed by atoms with E-state index in [9.17, 15) is 14.7 Å². The molecule has 0 atom stereocenters. The number of carbonyl (C=O) groups excluding carboxylic acids is 1. The number of rotatable bonds is 2. The minimum Gasteiger partial charge on any atom is -0.550 e. The molecule has 70 valence electrons. The van der Waals surface area contributed by atoms with E-state index in [4.69, 9.17) is 5.73 Å². The molecule has 1 rings (SSSR count). The molecule has 3 N–H and O–H groups in total. The molecule has 1 aromatic rings. The Morgan fingerprint density at radius 2 is 2.31 bits per heavy atom. The molecule has 6 heteroatoms. The topological polar surface area (TPSA) is 112 Å². The number of aromatic amines is 1. The van der Waals surface area contributed by atoms with Gasteiger partial charge in [0.25, 0.3) is 5.56 Å². The Morgan fingerprint density at radius 3 is 2.77 bits per heavy atom. The number of carboxylic acids is 1. The second kappa shape index (κ2) is 3.26. The van der Waals surface area contributed by atoms with Crippen LogP contribution in [-0.4, -0.2) is 15.9 Å². The van der Waals surface area contributed by atoms with Crippen LogP contribution in [0.3, 0.4) is 0 Å². The van der Waals surface area contributed by atoms with Gasteiger partial charge < -0.3 is 15.6 Å². The first-order valence-corrected chi connectivity index (χ1v) is 3.56. The lowest BCUT2D eigenvalue weighted by Gasteiger charge is -2.04. The maximum atomic E-state index is 11.1. The third kappa shape index (κ3) is 2.05. The zero-order valence-electron chi connectivity index (χ0n) is 6.96. The summed E-state index contributed by atoms with van der Waals surface area (Å²) in [6, 6.07) is 0. The van der Waals surface area contributed by atoms with E-state index in [0.717, 1.165) is 0 Å². The van der Waals surface area contributed by atoms with Crippen molar-refractivity contribution in [3.63, 3.8) is 0 Å². The fraction of sp³-hybridized carbons (Fsp3) is 0.286. The molecule has 0 unspecified atom stereocenters. The summed E-state index contributed by atoms with van der Waals surface area (Å²) >= 11 is 0. The molecule has 6 nitrogen and oxygen atoms in total. The van der Waals surface area contributed by atoms with Crippen LogP contribution in [0.15, 0.2) is 4.79 Å². The van der Waals surface area contributed by atoms with E-state index < -0.39 is 17.9 Å². The number of carbonyl (C=O) groups is 1. The van der Waals surface area contributed by atoms with Gasteiger partial charge in [-0.05, 0) is 6.92 Å². The molecular formula is C7H8N3O3-. The monoisotopic (exact) mass is 182 g/mol. The smallest absolute Gasteiger partial charge is 0.256 e. The van der Waals surface area contributed by atoms with Gasteiger partial charge in [-0.1, -0.05) is 0 Å². The number of aromatic nitrogens is 2. The third-order valence-corrected chi connectivity index (χ3v) is 1.56. The number of aliphatic carboxylic acids is 1. The number of nitrogen functional groups attached to an aromatic ring is 1. The van der Waals surface area contributed by atoms with E-state index in [1.54, 1.807) is 0 Å². The van der Waals surface area contributed by atoms with Crippen molar-refractivity contribution in [2.24, 2.45) is 0 Å². The number of H-pyrrole nitrogens is 1. The van der Waals surface area contributed by atoms with Gasteiger partial charge in [0.1, 0.15) is 0 Å². The van der Waals surface area contributed by atoms with Gasteiger partial charge in [0.05, 0.1) is 5.69 Å². The first-order valence-electron chi connectivity index (χ1n) is 3.56. The summed E-state index contributed by atoms with van der Waals surface area (Å²) in [6.45, 7) is 1.52. The number of aryl methyl sites for hydroxylation is 1. The highest BCUT2D eigenvalue weighted by Crippen LogP contribution is 1.99. The van der Waals surface area contributed by atoms with Crippen molar-refractivity contribution < 1.29 is 9.90 Å². The predicted molar refractivity (Wildman–Crippen MR) is 42.7 cm³/mol. The summed E-state index contributed by atoms with van der Waals surface area (Å²) in [7, 11) is 0. The molecule has 0 aromatic carbocycles. The van der Waals surface area contributed by atoms with E-state index >= 15 is 0 Å². The average molecular weight is 182 g/mol. The Labute approximate surface area is 73.4 Å². The number of hydrogen-bond donors (Lipinski definition) is 2. The van der Waals surface area contributed by atoms with Crippen molar-refractivity contribution in [3.05, 3.63) is 21.6 Å². The van der Waals surface area contributed by atoms with Gasteiger partial charge in [0, 0.05) is 18.0 Å². The van der Waals surface area contributed by atoms with E-state index in [1.807, 2.05) is 0 Å². The lowest BCUT2D eigenvalue weighted by Crippen LogP contribution is -2.29. The van der Waals surface area contributed by atoms with Crippen molar-refractivity contribution in [1.82, 2.24) is 9.97 Å². The van der Waals surface area contributed by atoms with Crippen LogP contribution in [0, 0.1) is 6.92 Å². The number of anilines is 1. The molecule has 0 saturated heterocycles. The van der Waals surface area contributed by atoms with E-state index in [-0.39, 0.29) is 11.5 Å². The average Bonchev–Trinajstić information content (AvgIpc) is 1.96. The number of nitrogens with zero attached hydrogens (tertiary/aromatic N) is 1. The highest BCUT2D eigenvalue weighted by Gasteiger charge is 2.06. The number of nitrogens with two attached hydrogens (primary N) is 1. The van der Waals surface area contributed by atoms with Crippen LogP contribution in [0.25, 0.3) is 0 Å². The molecule has 0 radical (unpaired) electrons. The normalized spacial score (nSPS) is 9.92. The minimum atomic E-state index is -1.32. The maximum Gasteiger partial charge on any atom is 0.256 e. The number of hydrogen-bond acceptors (Lipinski definition) is 5. The Hall–Kier alpha value is -1.85. The summed E-state index contributed by atoms with van der Waals surface area (Å²) in [5.74, 6) is -1.34. The second-order valence-corrected chi connectivity index (χ2v) is 2.56. The Kier molecular flexibility index (Phi) is 2.32. The van der Waals surface area contributed by atoms with E-state index in [1.165, 1.54) is 6.92 Å². The van der Waals surface area contributed by atoms with Crippen molar-refractivity contribution in [2.75, 3.05) is 5.73 Å². The SMILES string of the molecule is Cc1nc(N)[nH]c(=O)c1CC(=O)[O-]. The van der Waals surface area contributed by atoms with Crippen molar-refractivity contribution in [1.29, 1.82) is 0 Å². The van der Waals surface area contributed by atoms with E-state index in [2.05, 4.69) is 9.97 Å². The molecule has 0 aliphatic heterocycles. The van der Waals surface area contributed by atoms with E-state index in [0.29, 0.717) is 5.69 Å². The third-order valence-electron chi connectivity index (χ3n) is 1.56. The van der Waals surface area contributed by atoms with Crippen molar-refractivity contribution in [2.45, 2.75) is 13.3 Å². The summed E-state index contributed by atoms with van der Waals surface area (Å²) in [6.07, 6.45) is -0.450. The van der Waals surface area contributed by atoms with Crippen LogP contribution in [0.2, 0.25) is 0 Å². The Morgan fingerprint density at radius 1 is 1.69 bits per heavy atom. The number of nitrogens with one attached hydrogen (secondary N) is 1. The van der Waals surface area contributed by atoms with Gasteiger partial charge in [-0.3, -0.25) is 9.78 Å². The van der Waals surface area contributed by atoms with Crippen molar-refractivity contribution >= 4 is 11.9 Å². The molecule has 1 heterocycles. The van der Waals surface area contributed by atoms with Crippen molar-refractivity contribution in [3.8, 4) is 0 Å². The summed E-state index contributed by atoms with van der Waals surface area (Å²) < 4.78 is 0. The molecule has 1 aromatic heterocycles. The molecule has 13 heavy (non-hydrogen) atoms. The highest BCUT2D eigenvalue weighted by atomic mass is 16.4. The Balaban J connectivity index is 3.21. The molecule has 0 saturated carbocycles. The molecule has 0 aliphatic rings. The van der Waals surface area contributed by atoms with Gasteiger partial charge in [-0.2, -0.15) is 0 Å². The summed E-state index contributed by atoms with van der Waals surface area (Å²) in [4.78, 5) is 27.3. The fourth-order valence-corrected chi connectivity index (χ4v) is 0.985. The van der Waals surface area contributed by atoms with Crippen LogP contribution in [0.4, 0.5) is 5.95 Å². The van der Waals surface area contributed by atoms with Gasteiger partial charge in [0.15, 0.2) is 0 Å². The molecule has 0 bridgehead atoms. The van der Waals surface area contributed by atoms with Gasteiger partial charge in [-0.25, -0.2) is 4.98 Å². The Bertz CT molecular complexity index is 396. The summed E-state index contributed by atoms with van der Waals surface area (Å²) in [5.41, 5.74) is 5.08. The van der Waals surface area contributed by atoms with Crippen LogP contribution in [0.5, 0.6) is 0 Å². The van der Waals surface area contributed by atoms with Gasteiger partial charge in [0.2, 0.25) is 5.95 Å². The highest BCUT2D eigenvalue weighted by molar-refractivity contribution is 5.68. The lowest BCUT2D eigenvalue weighted by atomic mass is 10.2. The molecule has 0 amide bonds. The molecular weight excluding hydrogens is 174 g/mol. The molecule has 0 spiro atoms. The van der Waals surface area contributed by atoms with Crippen LogP contribution in [0.1, 0.15) is 11.3 Å². The van der Waals surface area contributed by atoms with Gasteiger partial charge in [-0.15, -0.1) is 0 Å². The molecule has 0 aliphatic carbocycles. The largest absolute Gasteiger partial charge is 0.550 e. The minimum absolute atomic E-state index is 0.0235. The second-order valence-electron chi connectivity index (χ2n) is 2.56. The first kappa shape index (κ1) is 9.24. The first-order chi connectivity index (χ1) is 6.00. The zero-order valence-corrected chi connectivity index (χ0v) is 6.96.